The van der Waals surface area contributed by atoms with Crippen LogP contribution in [-0.4, -0.2) is 80.3 Å². The second-order valence-electron chi connectivity index (χ2n) is 9.09. The number of rotatable bonds is 17. The molecule has 0 spiro atoms. The average molecular weight is 564 g/mol. The normalized spacial score (nSPS) is 12.0. The van der Waals surface area contributed by atoms with E-state index < -0.39 is 42.6 Å². The van der Waals surface area contributed by atoms with Crippen LogP contribution in [0.1, 0.15) is 42.6 Å². The minimum atomic E-state index is -0.946. The van der Waals surface area contributed by atoms with Gasteiger partial charge in [-0.1, -0.05) is 32.6 Å². The van der Waals surface area contributed by atoms with Gasteiger partial charge in [0.05, 0.1) is 12.6 Å². The summed E-state index contributed by atoms with van der Waals surface area (Å²) in [5.74, 6) is -1.46. The van der Waals surface area contributed by atoms with Gasteiger partial charge in [0, 0.05) is 30.9 Å². The van der Waals surface area contributed by atoms with Crippen LogP contribution in [0.15, 0.2) is 30.9 Å². The highest BCUT2D eigenvalue weighted by atomic mass is 16.5. The van der Waals surface area contributed by atoms with Crippen LogP contribution >= 0.6 is 0 Å². The Balaban J connectivity index is 2.94. The molecular formula is C26H41N7O7. The van der Waals surface area contributed by atoms with E-state index >= 15 is 0 Å². The summed E-state index contributed by atoms with van der Waals surface area (Å²) in [7, 11) is 1.65. The molecule has 14 heteroatoms. The van der Waals surface area contributed by atoms with E-state index in [-0.39, 0.29) is 55.7 Å². The molecule has 9 N–H and O–H groups in total. The number of amides is 6. The summed E-state index contributed by atoms with van der Waals surface area (Å²) in [5.41, 5.74) is 5.80. The molecule has 0 aromatic heterocycles. The number of benzene rings is 1. The number of aliphatic hydroxyl groups excluding tert-OH is 1. The zero-order valence-corrected chi connectivity index (χ0v) is 23.2. The van der Waals surface area contributed by atoms with Gasteiger partial charge in [0.15, 0.2) is 0 Å². The third-order valence-corrected chi connectivity index (χ3v) is 5.67. The fourth-order valence-corrected chi connectivity index (χ4v) is 3.67. The Morgan fingerprint density at radius 2 is 1.75 bits per heavy atom. The number of alkyl carbamates (subject to hydrolysis) is 1. The summed E-state index contributed by atoms with van der Waals surface area (Å²) in [5, 5.41) is 25.6. The standard InChI is InChI=1S/C26H41N7O7/c1-5-13-40-26(39)31-12-11-29-22(35)19-14-18(9-8-17(19)15-34)32-23(36)20(7-6-10-30-25(27)38)33-24(37)21(28-4)16(2)3/h5,8-9,14,16,20-21,28,34H,1,6-7,10-13,15H2,2-4H3,(H,29,35)(H,31,39)(H,32,36)(H,33,37)(H3,27,30,38)/t20-,21-/m0/s1. The Morgan fingerprint density at radius 3 is 2.35 bits per heavy atom. The average Bonchev–Trinajstić information content (AvgIpc) is 2.91. The molecule has 0 heterocycles. The van der Waals surface area contributed by atoms with Crippen LogP contribution in [0.3, 0.4) is 0 Å². The second-order valence-corrected chi connectivity index (χ2v) is 9.09. The van der Waals surface area contributed by atoms with Crippen molar-refractivity contribution in [1.82, 2.24) is 26.6 Å². The van der Waals surface area contributed by atoms with Crippen molar-refractivity contribution in [3.05, 3.63) is 42.0 Å². The quantitative estimate of drug-likeness (QED) is 0.0947. The molecule has 2 atom stereocenters. The summed E-state index contributed by atoms with van der Waals surface area (Å²) >= 11 is 0. The van der Waals surface area contributed by atoms with Crippen molar-refractivity contribution in [3.8, 4) is 0 Å². The molecule has 0 unspecified atom stereocenters. The number of hydrogen-bond donors (Lipinski definition) is 8. The Labute approximate surface area is 233 Å². The monoisotopic (exact) mass is 563 g/mol. The molecule has 0 bridgehead atoms. The molecule has 6 amide bonds. The molecular weight excluding hydrogens is 522 g/mol. The highest BCUT2D eigenvalue weighted by Crippen LogP contribution is 2.17. The van der Waals surface area contributed by atoms with Gasteiger partial charge >= 0.3 is 12.1 Å². The van der Waals surface area contributed by atoms with E-state index in [0.717, 1.165) is 0 Å². The van der Waals surface area contributed by atoms with Crippen molar-refractivity contribution in [1.29, 1.82) is 0 Å². The maximum Gasteiger partial charge on any atom is 0.407 e. The van der Waals surface area contributed by atoms with Crippen molar-refractivity contribution in [2.24, 2.45) is 11.7 Å². The number of carbonyl (C=O) groups is 5. The summed E-state index contributed by atoms with van der Waals surface area (Å²) in [6.07, 6.45) is 1.33. The summed E-state index contributed by atoms with van der Waals surface area (Å²) in [6.45, 7) is 7.20. The van der Waals surface area contributed by atoms with Crippen LogP contribution in [0.5, 0.6) is 0 Å². The molecule has 0 saturated carbocycles. The van der Waals surface area contributed by atoms with Crippen molar-refractivity contribution < 1.29 is 33.8 Å². The van der Waals surface area contributed by atoms with E-state index in [9.17, 15) is 29.1 Å². The molecule has 0 radical (unpaired) electrons. The van der Waals surface area contributed by atoms with Crippen LogP contribution in [0.2, 0.25) is 0 Å². The first-order chi connectivity index (χ1) is 19.0. The number of likely N-dealkylation sites (N-methyl/N-ethyl adjacent to an activating group) is 1. The number of carbonyl (C=O) groups excluding carboxylic acids is 5. The smallest absolute Gasteiger partial charge is 0.407 e. The topological polar surface area (TPSA) is 213 Å². The lowest BCUT2D eigenvalue weighted by Crippen LogP contribution is -2.52. The van der Waals surface area contributed by atoms with Gasteiger partial charge in [-0.25, -0.2) is 9.59 Å². The van der Waals surface area contributed by atoms with Crippen LogP contribution in [0.25, 0.3) is 0 Å². The summed E-state index contributed by atoms with van der Waals surface area (Å²) in [6, 6.07) is 2.25. The highest BCUT2D eigenvalue weighted by Gasteiger charge is 2.26. The van der Waals surface area contributed by atoms with Crippen molar-refractivity contribution >= 4 is 35.5 Å². The molecule has 40 heavy (non-hydrogen) atoms. The molecule has 222 valence electrons. The Hall–Kier alpha value is -4.17. The lowest BCUT2D eigenvalue weighted by molar-refractivity contribution is -0.128. The number of ether oxygens (including phenoxy) is 1. The highest BCUT2D eigenvalue weighted by molar-refractivity contribution is 6.00. The molecule has 0 saturated heterocycles. The molecule has 0 fully saturated rings. The third-order valence-electron chi connectivity index (χ3n) is 5.67. The first-order valence-corrected chi connectivity index (χ1v) is 12.9. The van der Waals surface area contributed by atoms with E-state index in [4.69, 9.17) is 10.5 Å². The maximum atomic E-state index is 13.2. The SMILES string of the molecule is C=CCOC(=O)NCCNC(=O)c1cc(NC(=O)[C@H](CCCNC(N)=O)NC(=O)[C@@H](NC)C(C)C)ccc1CO. The predicted octanol–water partition coefficient (Wildman–Crippen LogP) is -0.0633. The molecule has 1 rings (SSSR count). The summed E-state index contributed by atoms with van der Waals surface area (Å²) < 4.78 is 4.78. The van der Waals surface area contributed by atoms with E-state index in [1.54, 1.807) is 7.05 Å². The number of nitrogens with one attached hydrogen (secondary N) is 6. The third kappa shape index (κ3) is 12.1. The van der Waals surface area contributed by atoms with Gasteiger partial charge in [0.25, 0.3) is 5.91 Å². The molecule has 1 aromatic rings. The molecule has 1 aromatic carbocycles. The molecule has 0 aliphatic carbocycles. The van der Waals surface area contributed by atoms with Crippen molar-refractivity contribution in [2.75, 3.05) is 38.6 Å². The van der Waals surface area contributed by atoms with Gasteiger partial charge in [-0.2, -0.15) is 0 Å². The number of hydrogen-bond acceptors (Lipinski definition) is 8. The Morgan fingerprint density at radius 1 is 1.05 bits per heavy atom. The van der Waals surface area contributed by atoms with Crippen LogP contribution in [-0.2, 0) is 20.9 Å². The zero-order chi connectivity index (χ0) is 30.1. The van der Waals surface area contributed by atoms with Crippen LogP contribution < -0.4 is 37.6 Å². The van der Waals surface area contributed by atoms with Gasteiger partial charge in [0.1, 0.15) is 12.6 Å². The molecule has 0 aliphatic heterocycles. The van der Waals surface area contributed by atoms with Gasteiger partial charge < -0.3 is 47.5 Å². The largest absolute Gasteiger partial charge is 0.445 e. The fourth-order valence-electron chi connectivity index (χ4n) is 3.67. The fraction of sp³-hybridized carbons (Fsp3) is 0.500. The number of anilines is 1. The Bertz CT molecular complexity index is 1030. The van der Waals surface area contributed by atoms with Crippen molar-refractivity contribution in [2.45, 2.75) is 45.4 Å². The number of nitrogens with two attached hydrogens (primary N) is 1. The van der Waals surface area contributed by atoms with E-state index in [2.05, 4.69) is 38.5 Å². The van der Waals surface area contributed by atoms with Crippen LogP contribution in [0, 0.1) is 5.92 Å². The lowest BCUT2D eigenvalue weighted by Gasteiger charge is -2.24. The van der Waals surface area contributed by atoms with E-state index in [1.165, 1.54) is 24.3 Å². The lowest BCUT2D eigenvalue weighted by atomic mass is 10.0. The van der Waals surface area contributed by atoms with E-state index in [0.29, 0.717) is 12.0 Å². The molecule has 0 aliphatic rings. The van der Waals surface area contributed by atoms with Gasteiger partial charge in [-0.05, 0) is 43.5 Å². The molecule has 14 nitrogen and oxygen atoms in total. The summed E-state index contributed by atoms with van der Waals surface area (Å²) in [4.78, 5) is 61.2. The number of primary amides is 1. The van der Waals surface area contributed by atoms with Gasteiger partial charge in [0.2, 0.25) is 11.8 Å². The first kappa shape index (κ1) is 33.9. The number of urea groups is 1. The minimum absolute atomic E-state index is 0.0367. The predicted molar refractivity (Wildman–Crippen MR) is 149 cm³/mol. The zero-order valence-electron chi connectivity index (χ0n) is 23.2. The maximum absolute atomic E-state index is 13.2. The van der Waals surface area contributed by atoms with Crippen molar-refractivity contribution in [3.63, 3.8) is 0 Å². The van der Waals surface area contributed by atoms with Crippen LogP contribution in [0.4, 0.5) is 15.3 Å². The first-order valence-electron chi connectivity index (χ1n) is 12.9. The van der Waals surface area contributed by atoms with Gasteiger partial charge in [-0.3, -0.25) is 14.4 Å². The second kappa shape index (κ2) is 18.2. The minimum Gasteiger partial charge on any atom is -0.445 e. The Kier molecular flexibility index (Phi) is 15.4. The number of aliphatic hydroxyl groups is 1. The van der Waals surface area contributed by atoms with Gasteiger partial charge in [-0.15, -0.1) is 0 Å². The van der Waals surface area contributed by atoms with E-state index in [1.807, 2.05) is 13.8 Å².